The van der Waals surface area contributed by atoms with Crippen molar-refractivity contribution in [2.75, 3.05) is 39.8 Å². The molecule has 0 N–H and O–H groups in total. The Labute approximate surface area is 201 Å². The lowest BCUT2D eigenvalue weighted by Gasteiger charge is -2.57. The van der Waals surface area contributed by atoms with Crippen LogP contribution in [-0.2, 0) is 19.6 Å². The molecule has 2 amide bonds. The summed E-state index contributed by atoms with van der Waals surface area (Å²) in [6.45, 7) is 1.73. The Morgan fingerprint density at radius 1 is 0.939 bits per heavy atom. The number of likely N-dealkylation sites (N-methyl/N-ethyl adjacent to an activating group) is 1. The molecule has 0 radical (unpaired) electrons. The van der Waals surface area contributed by atoms with Crippen molar-refractivity contribution >= 4 is 33.4 Å². The maximum atomic E-state index is 13.5. The van der Waals surface area contributed by atoms with Gasteiger partial charge in [0.1, 0.15) is 0 Å². The lowest BCUT2D eigenvalue weighted by molar-refractivity contribution is -0.160. The van der Waals surface area contributed by atoms with Gasteiger partial charge in [-0.05, 0) is 80.5 Å². The molecule has 5 fully saturated rings. The van der Waals surface area contributed by atoms with E-state index in [-0.39, 0.29) is 22.8 Å². The van der Waals surface area contributed by atoms with Crippen LogP contribution in [0.5, 0.6) is 0 Å². The van der Waals surface area contributed by atoms with E-state index in [9.17, 15) is 18.0 Å². The highest BCUT2D eigenvalue weighted by atomic mass is 35.5. The van der Waals surface area contributed by atoms with Gasteiger partial charge in [0.25, 0.3) is 0 Å². The van der Waals surface area contributed by atoms with Crippen LogP contribution in [0.1, 0.15) is 38.5 Å². The SMILES string of the molecule is CN(CC(=O)N1CCN(C(=O)C23CC4CC(CC(C4)C2)C3)CC1)S(=O)(=O)c1ccc(Cl)cc1. The molecule has 1 heterocycles. The van der Waals surface area contributed by atoms with Crippen LogP contribution in [0.25, 0.3) is 0 Å². The molecule has 1 aromatic carbocycles. The number of hydrogen-bond acceptors (Lipinski definition) is 4. The van der Waals surface area contributed by atoms with E-state index in [1.54, 1.807) is 4.90 Å². The zero-order valence-corrected chi connectivity index (χ0v) is 20.7. The normalized spacial score (nSPS) is 31.3. The molecule has 4 bridgehead atoms. The molecule has 1 aromatic rings. The number of piperazine rings is 1. The van der Waals surface area contributed by atoms with Crippen molar-refractivity contribution in [3.05, 3.63) is 29.3 Å². The third-order valence-electron chi connectivity index (χ3n) is 8.29. The molecule has 1 aliphatic heterocycles. The van der Waals surface area contributed by atoms with E-state index in [1.165, 1.54) is 50.6 Å². The summed E-state index contributed by atoms with van der Waals surface area (Å²) < 4.78 is 26.6. The van der Waals surface area contributed by atoms with E-state index in [1.807, 2.05) is 4.90 Å². The van der Waals surface area contributed by atoms with Crippen LogP contribution in [0, 0.1) is 23.2 Å². The van der Waals surface area contributed by atoms with Crippen LogP contribution >= 0.6 is 11.6 Å². The van der Waals surface area contributed by atoms with E-state index in [4.69, 9.17) is 11.6 Å². The highest BCUT2D eigenvalue weighted by Crippen LogP contribution is 2.60. The first-order valence-electron chi connectivity index (χ1n) is 12.0. The summed E-state index contributed by atoms with van der Waals surface area (Å²) in [5, 5.41) is 0.452. The first kappa shape index (κ1) is 23.1. The molecule has 33 heavy (non-hydrogen) atoms. The number of halogens is 1. The minimum absolute atomic E-state index is 0.105. The number of amides is 2. The molecule has 1 saturated heterocycles. The van der Waals surface area contributed by atoms with Crippen molar-refractivity contribution in [3.63, 3.8) is 0 Å². The van der Waals surface area contributed by atoms with Crippen LogP contribution < -0.4 is 0 Å². The van der Waals surface area contributed by atoms with Crippen molar-refractivity contribution in [1.29, 1.82) is 0 Å². The number of benzene rings is 1. The molecular formula is C24H32ClN3O4S. The van der Waals surface area contributed by atoms with Gasteiger partial charge in [-0.3, -0.25) is 9.59 Å². The molecule has 0 spiro atoms. The summed E-state index contributed by atoms with van der Waals surface area (Å²) in [4.78, 5) is 30.1. The van der Waals surface area contributed by atoms with Gasteiger partial charge < -0.3 is 9.80 Å². The highest BCUT2D eigenvalue weighted by molar-refractivity contribution is 7.89. The first-order valence-corrected chi connectivity index (χ1v) is 13.8. The van der Waals surface area contributed by atoms with Gasteiger partial charge in [-0.1, -0.05) is 11.6 Å². The Balaban J connectivity index is 1.17. The summed E-state index contributed by atoms with van der Waals surface area (Å²) in [5.74, 6) is 2.23. The number of carbonyl (C=O) groups excluding carboxylic acids is 2. The Bertz CT molecular complexity index is 999. The fraction of sp³-hybridized carbons (Fsp3) is 0.667. The largest absolute Gasteiger partial charge is 0.339 e. The van der Waals surface area contributed by atoms with Crippen molar-refractivity contribution in [1.82, 2.24) is 14.1 Å². The Kier molecular flexibility index (Phi) is 5.98. The quantitative estimate of drug-likeness (QED) is 0.632. The Hall–Kier alpha value is -1.64. The molecule has 0 unspecified atom stereocenters. The number of sulfonamides is 1. The fourth-order valence-corrected chi connectivity index (χ4v) is 8.28. The second kappa shape index (κ2) is 8.54. The number of carbonyl (C=O) groups is 2. The minimum atomic E-state index is -3.78. The van der Waals surface area contributed by atoms with Gasteiger partial charge in [0.2, 0.25) is 21.8 Å². The third-order valence-corrected chi connectivity index (χ3v) is 10.4. The van der Waals surface area contributed by atoms with Gasteiger partial charge in [-0.15, -0.1) is 0 Å². The second-order valence-electron chi connectivity index (χ2n) is 10.6. The van der Waals surface area contributed by atoms with Crippen LogP contribution in [0.4, 0.5) is 0 Å². The topological polar surface area (TPSA) is 78.0 Å². The van der Waals surface area contributed by atoms with Gasteiger partial charge >= 0.3 is 0 Å². The predicted octanol–water partition coefficient (Wildman–Crippen LogP) is 2.85. The summed E-state index contributed by atoms with van der Waals surface area (Å²) in [6, 6.07) is 5.91. The molecule has 180 valence electrons. The predicted molar refractivity (Wildman–Crippen MR) is 125 cm³/mol. The van der Waals surface area contributed by atoms with Gasteiger partial charge in [-0.2, -0.15) is 4.31 Å². The van der Waals surface area contributed by atoms with E-state index in [2.05, 4.69) is 0 Å². The van der Waals surface area contributed by atoms with Gasteiger partial charge in [0.15, 0.2) is 0 Å². The molecule has 5 aliphatic rings. The number of hydrogen-bond donors (Lipinski definition) is 0. The summed E-state index contributed by atoms with van der Waals surface area (Å²) in [5.41, 5.74) is -0.159. The molecule has 0 aromatic heterocycles. The summed E-state index contributed by atoms with van der Waals surface area (Å²) >= 11 is 5.85. The van der Waals surface area contributed by atoms with Gasteiger partial charge in [0, 0.05) is 38.2 Å². The average molecular weight is 494 g/mol. The van der Waals surface area contributed by atoms with E-state index in [0.29, 0.717) is 37.1 Å². The van der Waals surface area contributed by atoms with Crippen molar-refractivity contribution in [3.8, 4) is 0 Å². The molecular weight excluding hydrogens is 462 g/mol. The van der Waals surface area contributed by atoms with Crippen molar-refractivity contribution in [2.45, 2.75) is 43.4 Å². The molecule has 0 atom stereocenters. The molecule has 7 nitrogen and oxygen atoms in total. The van der Waals surface area contributed by atoms with Crippen molar-refractivity contribution in [2.24, 2.45) is 23.2 Å². The second-order valence-corrected chi connectivity index (χ2v) is 13.1. The van der Waals surface area contributed by atoms with Crippen LogP contribution in [-0.4, -0.2) is 74.1 Å². The standard InChI is InChI=1S/C24H32ClN3O4S/c1-26(33(31,32)21-4-2-20(25)3-5-21)16-22(29)27-6-8-28(9-7-27)23(30)24-13-17-10-18(14-24)12-19(11-17)15-24/h2-5,17-19H,6-16H2,1H3. The zero-order chi connectivity index (χ0) is 23.4. The number of rotatable bonds is 5. The maximum Gasteiger partial charge on any atom is 0.243 e. The highest BCUT2D eigenvalue weighted by Gasteiger charge is 2.55. The summed E-state index contributed by atoms with van der Waals surface area (Å²) in [7, 11) is -2.37. The van der Waals surface area contributed by atoms with Crippen LogP contribution in [0.15, 0.2) is 29.2 Å². The Morgan fingerprint density at radius 2 is 1.42 bits per heavy atom. The van der Waals surface area contributed by atoms with E-state index in [0.717, 1.165) is 41.3 Å². The monoisotopic (exact) mass is 493 g/mol. The van der Waals surface area contributed by atoms with Crippen LogP contribution in [0.3, 0.4) is 0 Å². The maximum absolute atomic E-state index is 13.5. The first-order chi connectivity index (χ1) is 15.7. The lowest BCUT2D eigenvalue weighted by Crippen LogP contribution is -2.59. The molecule has 9 heteroatoms. The zero-order valence-electron chi connectivity index (χ0n) is 19.1. The van der Waals surface area contributed by atoms with E-state index >= 15 is 0 Å². The summed E-state index contributed by atoms with van der Waals surface area (Å²) in [6.07, 6.45) is 7.06. The third kappa shape index (κ3) is 4.30. The molecule has 4 aliphatic carbocycles. The number of nitrogens with zero attached hydrogens (tertiary/aromatic N) is 3. The fourth-order valence-electron chi connectivity index (χ4n) is 7.03. The Morgan fingerprint density at radius 3 is 1.94 bits per heavy atom. The smallest absolute Gasteiger partial charge is 0.243 e. The van der Waals surface area contributed by atoms with Crippen LogP contribution in [0.2, 0.25) is 5.02 Å². The minimum Gasteiger partial charge on any atom is -0.339 e. The van der Waals surface area contributed by atoms with Gasteiger partial charge in [0.05, 0.1) is 16.9 Å². The molecule has 6 rings (SSSR count). The van der Waals surface area contributed by atoms with Crippen molar-refractivity contribution < 1.29 is 18.0 Å². The van der Waals surface area contributed by atoms with E-state index < -0.39 is 10.0 Å². The average Bonchev–Trinajstić information content (AvgIpc) is 2.78. The van der Waals surface area contributed by atoms with Gasteiger partial charge in [-0.25, -0.2) is 8.42 Å². The lowest BCUT2D eigenvalue weighted by atomic mass is 9.49. The molecule has 4 saturated carbocycles.